The number of aliphatic imine (C=N–C) groups is 1. The molecule has 17 heteroatoms. The fraction of sp³-hybridized carbons (Fsp3) is 0.600. The fourth-order valence-electron chi connectivity index (χ4n) is 5.22. The molecule has 0 bridgehead atoms. The molecule has 0 aliphatic rings. The van der Waals surface area contributed by atoms with Gasteiger partial charge >= 0.3 is 5.97 Å². The molecule has 0 aromatic heterocycles. The number of hydrogen-bond acceptors (Lipinski definition) is 8. The van der Waals surface area contributed by atoms with Gasteiger partial charge in [0.05, 0.1) is 6.42 Å². The lowest BCUT2D eigenvalue weighted by Gasteiger charge is -2.28. The van der Waals surface area contributed by atoms with E-state index in [2.05, 4.69) is 31.6 Å². The number of carboxylic acids is 1. The topological polar surface area (TPSA) is 290 Å². The zero-order valence-corrected chi connectivity index (χ0v) is 30.8. The number of carbonyl (C=O) groups excluding carboxylic acids is 6. The van der Waals surface area contributed by atoms with Crippen LogP contribution < -0.4 is 43.8 Å². The summed E-state index contributed by atoms with van der Waals surface area (Å²) in [6, 6.07) is 2.94. The van der Waals surface area contributed by atoms with Gasteiger partial charge in [-0.1, -0.05) is 65.0 Å². The summed E-state index contributed by atoms with van der Waals surface area (Å²) in [5, 5.41) is 22.6. The van der Waals surface area contributed by atoms with E-state index in [0.29, 0.717) is 6.42 Å². The molecule has 0 saturated carbocycles. The van der Waals surface area contributed by atoms with Crippen molar-refractivity contribution in [3.8, 4) is 0 Å². The lowest BCUT2D eigenvalue weighted by atomic mass is 9.98. The van der Waals surface area contributed by atoms with E-state index in [-0.39, 0.29) is 68.8 Å². The van der Waals surface area contributed by atoms with Gasteiger partial charge in [-0.2, -0.15) is 0 Å². The van der Waals surface area contributed by atoms with Crippen molar-refractivity contribution < 1.29 is 38.7 Å². The van der Waals surface area contributed by atoms with Crippen LogP contribution in [0.1, 0.15) is 85.1 Å². The molecule has 1 rings (SSSR count). The van der Waals surface area contributed by atoms with Crippen molar-refractivity contribution in [3.05, 3.63) is 35.9 Å². The Morgan fingerprint density at radius 2 is 1.17 bits per heavy atom. The Bertz CT molecular complexity index is 1380. The average molecular weight is 732 g/mol. The summed E-state index contributed by atoms with van der Waals surface area (Å²) in [4.78, 5) is 93.9. The van der Waals surface area contributed by atoms with Crippen LogP contribution in [0.15, 0.2) is 35.3 Å². The molecule has 6 amide bonds. The maximum absolute atomic E-state index is 13.8. The summed E-state index contributed by atoms with van der Waals surface area (Å²) in [6.45, 7) is 9.32. The summed E-state index contributed by atoms with van der Waals surface area (Å²) in [7, 11) is 0. The van der Waals surface area contributed by atoms with Crippen LogP contribution in [0.2, 0.25) is 0 Å². The molecule has 0 spiro atoms. The van der Waals surface area contributed by atoms with Gasteiger partial charge in [0, 0.05) is 19.4 Å². The first-order valence-electron chi connectivity index (χ1n) is 17.5. The zero-order chi connectivity index (χ0) is 39.4. The smallest absolute Gasteiger partial charge is 0.326 e. The number of carboxylic acid groups (broad SMARTS) is 1. The molecule has 290 valence electrons. The molecule has 12 N–H and O–H groups in total. The number of nitrogens with one attached hydrogen (secondary N) is 5. The summed E-state index contributed by atoms with van der Waals surface area (Å²) in [5.41, 5.74) is 16.7. The molecule has 0 fully saturated rings. The lowest BCUT2D eigenvalue weighted by Crippen LogP contribution is -2.59. The van der Waals surface area contributed by atoms with Crippen LogP contribution >= 0.6 is 0 Å². The normalized spacial score (nSPS) is 13.8. The average Bonchev–Trinajstić information content (AvgIpc) is 3.04. The Labute approximate surface area is 305 Å². The van der Waals surface area contributed by atoms with Crippen molar-refractivity contribution in [1.82, 2.24) is 26.6 Å². The van der Waals surface area contributed by atoms with Gasteiger partial charge < -0.3 is 48.9 Å². The van der Waals surface area contributed by atoms with Crippen LogP contribution in [-0.4, -0.2) is 89.2 Å². The second-order valence-corrected chi connectivity index (χ2v) is 13.5. The summed E-state index contributed by atoms with van der Waals surface area (Å²) in [5.74, 6) is -5.99. The largest absolute Gasteiger partial charge is 0.480 e. The second-order valence-electron chi connectivity index (χ2n) is 13.5. The predicted molar refractivity (Wildman–Crippen MR) is 195 cm³/mol. The molecular formula is C35H57N9O8. The molecule has 0 aliphatic heterocycles. The first kappa shape index (κ1) is 44.8. The number of hydrogen-bond donors (Lipinski definition) is 9. The highest BCUT2D eigenvalue weighted by Crippen LogP contribution is 2.12. The first-order chi connectivity index (χ1) is 24.4. The third-order valence-electron chi connectivity index (χ3n) is 7.69. The van der Waals surface area contributed by atoms with E-state index in [4.69, 9.17) is 17.2 Å². The van der Waals surface area contributed by atoms with Crippen molar-refractivity contribution in [1.29, 1.82) is 0 Å². The van der Waals surface area contributed by atoms with Crippen molar-refractivity contribution >= 4 is 47.4 Å². The van der Waals surface area contributed by atoms with Gasteiger partial charge in [0.2, 0.25) is 35.4 Å². The molecule has 0 heterocycles. The minimum Gasteiger partial charge on any atom is -0.480 e. The third kappa shape index (κ3) is 18.1. The van der Waals surface area contributed by atoms with Gasteiger partial charge in [0.25, 0.3) is 0 Å². The quantitative estimate of drug-likeness (QED) is 0.0375. The number of amides is 6. The Morgan fingerprint density at radius 3 is 1.63 bits per heavy atom. The number of nitrogens with two attached hydrogens (primary N) is 3. The maximum atomic E-state index is 13.8. The molecule has 17 nitrogen and oxygen atoms in total. The van der Waals surface area contributed by atoms with Crippen LogP contribution in [0, 0.1) is 11.8 Å². The highest BCUT2D eigenvalue weighted by Gasteiger charge is 2.33. The van der Waals surface area contributed by atoms with Crippen LogP contribution in [0.5, 0.6) is 0 Å². The minimum absolute atomic E-state index is 0.0296. The van der Waals surface area contributed by atoms with Crippen molar-refractivity contribution in [2.75, 3.05) is 6.54 Å². The highest BCUT2D eigenvalue weighted by molar-refractivity contribution is 5.96. The van der Waals surface area contributed by atoms with Gasteiger partial charge in [0.15, 0.2) is 5.96 Å². The Kier molecular flexibility index (Phi) is 20.1. The summed E-state index contributed by atoms with van der Waals surface area (Å²) >= 11 is 0. The monoisotopic (exact) mass is 731 g/mol. The van der Waals surface area contributed by atoms with Crippen LogP contribution in [0.25, 0.3) is 0 Å². The molecule has 0 radical (unpaired) electrons. The molecule has 0 unspecified atom stereocenters. The number of primary amides is 1. The first-order valence-corrected chi connectivity index (χ1v) is 17.5. The van der Waals surface area contributed by atoms with E-state index in [1.165, 1.54) is 0 Å². The van der Waals surface area contributed by atoms with Crippen molar-refractivity contribution in [3.63, 3.8) is 0 Å². The van der Waals surface area contributed by atoms with E-state index in [9.17, 15) is 38.7 Å². The van der Waals surface area contributed by atoms with E-state index in [1.807, 2.05) is 65.0 Å². The molecule has 0 saturated heterocycles. The van der Waals surface area contributed by atoms with Crippen LogP contribution in [-0.2, 0) is 40.0 Å². The number of aliphatic carboxylic acids is 1. The summed E-state index contributed by atoms with van der Waals surface area (Å²) < 4.78 is 0. The number of rotatable bonds is 24. The van der Waals surface area contributed by atoms with E-state index < -0.39 is 72.1 Å². The Morgan fingerprint density at radius 1 is 0.692 bits per heavy atom. The van der Waals surface area contributed by atoms with Gasteiger partial charge in [-0.3, -0.25) is 33.8 Å². The van der Waals surface area contributed by atoms with Crippen molar-refractivity contribution in [2.24, 2.45) is 34.0 Å². The maximum Gasteiger partial charge on any atom is 0.326 e. The van der Waals surface area contributed by atoms with E-state index >= 15 is 0 Å². The highest BCUT2D eigenvalue weighted by atomic mass is 16.4. The summed E-state index contributed by atoms with van der Waals surface area (Å²) in [6.07, 6.45) is 0.826. The SMILES string of the molecule is CCCC(=O)N[C@@H](Cc1ccccc1)C(=O)N[C@@H](CC(C)C)C(=O)N[C@@H](CC(C)C)C(=O)N[C@@H](CCCN=C(N)N)C(=O)N[C@@H](CC(N)=O)C(=O)O. The number of nitrogens with zero attached hydrogens (tertiary/aromatic N) is 1. The van der Waals surface area contributed by atoms with Gasteiger partial charge in [-0.15, -0.1) is 0 Å². The molecular weight excluding hydrogens is 674 g/mol. The second kappa shape index (κ2) is 23.3. The number of guanidine groups is 1. The third-order valence-corrected chi connectivity index (χ3v) is 7.69. The molecule has 1 aromatic carbocycles. The van der Waals surface area contributed by atoms with Crippen LogP contribution in [0.4, 0.5) is 0 Å². The number of benzene rings is 1. The fourth-order valence-corrected chi connectivity index (χ4v) is 5.22. The number of carbonyl (C=O) groups is 7. The minimum atomic E-state index is -1.65. The zero-order valence-electron chi connectivity index (χ0n) is 30.8. The van der Waals surface area contributed by atoms with Gasteiger partial charge in [-0.05, 0) is 49.5 Å². The molecule has 52 heavy (non-hydrogen) atoms. The van der Waals surface area contributed by atoms with Gasteiger partial charge in [0.1, 0.15) is 30.2 Å². The Hall–Kier alpha value is -5.22. The molecule has 0 aliphatic carbocycles. The standard InChI is InChI=1S/C35H57N9O8/c1-6-11-29(46)40-26(18-22-12-8-7-9-13-22)33(50)43-25(17-21(4)5)32(49)42-24(16-20(2)3)31(48)41-23(14-10-15-39-35(37)38)30(47)44-27(34(51)52)19-28(36)45/h7-9,12-13,20-21,23-27H,6,10-11,14-19H2,1-5H3,(H2,36,45)(H,40,46)(H,41,48)(H,42,49)(H,43,50)(H,44,47)(H,51,52)(H4,37,38,39)/t23-,24-,25-,26-,27-/m0/s1. The van der Waals surface area contributed by atoms with Crippen LogP contribution in [0.3, 0.4) is 0 Å². The van der Waals surface area contributed by atoms with E-state index in [1.54, 1.807) is 0 Å². The molecule has 5 atom stereocenters. The Balaban J connectivity index is 3.30. The molecule has 1 aromatic rings. The van der Waals surface area contributed by atoms with E-state index in [0.717, 1.165) is 5.56 Å². The predicted octanol–water partition coefficient (Wildman–Crippen LogP) is -0.441. The van der Waals surface area contributed by atoms with Crippen molar-refractivity contribution in [2.45, 2.75) is 116 Å². The lowest BCUT2D eigenvalue weighted by molar-refractivity contribution is -0.143. The van der Waals surface area contributed by atoms with Gasteiger partial charge in [-0.25, -0.2) is 4.79 Å².